The van der Waals surface area contributed by atoms with E-state index < -0.39 is 6.04 Å². The maximum Gasteiger partial charge on any atom is 0.323 e. The Kier molecular flexibility index (Phi) is 5.40. The van der Waals surface area contributed by atoms with E-state index in [9.17, 15) is 4.79 Å². The van der Waals surface area contributed by atoms with Crippen LogP contribution in [0.3, 0.4) is 0 Å². The normalized spacial score (nSPS) is 17.9. The maximum atomic E-state index is 11.8. The Labute approximate surface area is 115 Å². The molecule has 0 heterocycles. The fourth-order valence-corrected chi connectivity index (χ4v) is 2.61. The Morgan fingerprint density at radius 2 is 1.89 bits per heavy atom. The topological polar surface area (TPSA) is 52.3 Å². The molecule has 1 fully saturated rings. The van der Waals surface area contributed by atoms with Gasteiger partial charge in [-0.1, -0.05) is 49.6 Å². The standard InChI is InChI=1S/C16H23NO2/c17-15(11-13-7-3-1-4-8-13)16(18)19-12-14-9-5-2-6-10-14/h1,3-4,7-8,14-15H,2,5-6,9-12,17H2. The molecule has 2 N–H and O–H groups in total. The largest absolute Gasteiger partial charge is 0.464 e. The second-order valence-electron chi connectivity index (χ2n) is 5.43. The molecule has 1 atom stereocenters. The molecule has 0 bridgehead atoms. The Morgan fingerprint density at radius 3 is 2.58 bits per heavy atom. The summed E-state index contributed by atoms with van der Waals surface area (Å²) >= 11 is 0. The number of carbonyl (C=O) groups is 1. The first-order valence-corrected chi connectivity index (χ1v) is 7.22. The van der Waals surface area contributed by atoms with E-state index in [0.29, 0.717) is 18.9 Å². The van der Waals surface area contributed by atoms with Gasteiger partial charge in [0, 0.05) is 0 Å². The van der Waals surface area contributed by atoms with Gasteiger partial charge in [0.15, 0.2) is 0 Å². The van der Waals surface area contributed by atoms with Crippen molar-refractivity contribution in [2.75, 3.05) is 6.61 Å². The molecular formula is C16H23NO2. The van der Waals surface area contributed by atoms with E-state index in [4.69, 9.17) is 10.5 Å². The third kappa shape index (κ3) is 4.67. The van der Waals surface area contributed by atoms with Gasteiger partial charge in [-0.05, 0) is 30.7 Å². The highest BCUT2D eigenvalue weighted by molar-refractivity contribution is 5.75. The van der Waals surface area contributed by atoms with Crippen molar-refractivity contribution < 1.29 is 9.53 Å². The Balaban J connectivity index is 1.73. The summed E-state index contributed by atoms with van der Waals surface area (Å²) in [5.41, 5.74) is 6.96. The van der Waals surface area contributed by atoms with Gasteiger partial charge in [0.2, 0.25) is 0 Å². The molecule has 0 spiro atoms. The van der Waals surface area contributed by atoms with Crippen molar-refractivity contribution >= 4 is 5.97 Å². The van der Waals surface area contributed by atoms with E-state index in [1.807, 2.05) is 30.3 Å². The molecule has 1 aliphatic carbocycles. The number of esters is 1. The summed E-state index contributed by atoms with van der Waals surface area (Å²) < 4.78 is 5.35. The Morgan fingerprint density at radius 1 is 1.21 bits per heavy atom. The molecule has 0 amide bonds. The van der Waals surface area contributed by atoms with Crippen LogP contribution in [0.4, 0.5) is 0 Å². The molecule has 1 aromatic carbocycles. The molecule has 104 valence electrons. The maximum absolute atomic E-state index is 11.8. The number of hydrogen-bond donors (Lipinski definition) is 1. The van der Waals surface area contributed by atoms with Crippen LogP contribution in [-0.4, -0.2) is 18.6 Å². The van der Waals surface area contributed by atoms with Crippen LogP contribution in [0.15, 0.2) is 30.3 Å². The predicted octanol–water partition coefficient (Wildman–Crippen LogP) is 2.68. The minimum absolute atomic E-state index is 0.269. The summed E-state index contributed by atoms with van der Waals surface area (Å²) in [4.78, 5) is 11.8. The Bertz CT molecular complexity index is 385. The highest BCUT2D eigenvalue weighted by Crippen LogP contribution is 2.23. The fraction of sp³-hybridized carbons (Fsp3) is 0.562. The van der Waals surface area contributed by atoms with E-state index in [0.717, 1.165) is 5.56 Å². The summed E-state index contributed by atoms with van der Waals surface area (Å²) in [5, 5.41) is 0. The summed E-state index contributed by atoms with van der Waals surface area (Å²) in [7, 11) is 0. The lowest BCUT2D eigenvalue weighted by Crippen LogP contribution is -2.35. The average molecular weight is 261 g/mol. The van der Waals surface area contributed by atoms with Gasteiger partial charge < -0.3 is 10.5 Å². The molecule has 0 radical (unpaired) electrons. The van der Waals surface area contributed by atoms with Crippen molar-refractivity contribution in [2.24, 2.45) is 11.7 Å². The first-order chi connectivity index (χ1) is 9.25. The lowest BCUT2D eigenvalue weighted by molar-refractivity contribution is -0.146. The SMILES string of the molecule is NC(Cc1ccccc1)C(=O)OCC1CCCCC1. The molecule has 1 aromatic rings. The number of nitrogens with two attached hydrogens (primary N) is 1. The van der Waals surface area contributed by atoms with Gasteiger partial charge in [0.25, 0.3) is 0 Å². The van der Waals surface area contributed by atoms with E-state index >= 15 is 0 Å². The van der Waals surface area contributed by atoms with Gasteiger partial charge in [0.05, 0.1) is 6.61 Å². The second-order valence-corrected chi connectivity index (χ2v) is 5.43. The molecule has 3 nitrogen and oxygen atoms in total. The van der Waals surface area contributed by atoms with Crippen molar-refractivity contribution in [1.29, 1.82) is 0 Å². The van der Waals surface area contributed by atoms with Crippen LogP contribution in [0.25, 0.3) is 0 Å². The molecule has 0 aromatic heterocycles. The lowest BCUT2D eigenvalue weighted by atomic mass is 9.90. The molecule has 0 aliphatic heterocycles. The van der Waals surface area contributed by atoms with Gasteiger partial charge in [0.1, 0.15) is 6.04 Å². The second kappa shape index (κ2) is 7.29. The minimum Gasteiger partial charge on any atom is -0.464 e. The zero-order valence-electron chi connectivity index (χ0n) is 11.4. The van der Waals surface area contributed by atoms with E-state index in [-0.39, 0.29) is 5.97 Å². The quantitative estimate of drug-likeness (QED) is 0.829. The van der Waals surface area contributed by atoms with Gasteiger partial charge in [-0.25, -0.2) is 0 Å². The van der Waals surface area contributed by atoms with Crippen LogP contribution < -0.4 is 5.73 Å². The van der Waals surface area contributed by atoms with E-state index in [1.165, 1.54) is 32.1 Å². The lowest BCUT2D eigenvalue weighted by Gasteiger charge is -2.22. The highest BCUT2D eigenvalue weighted by Gasteiger charge is 2.19. The van der Waals surface area contributed by atoms with Crippen LogP contribution in [0.1, 0.15) is 37.7 Å². The molecule has 1 saturated carbocycles. The van der Waals surface area contributed by atoms with Crippen molar-refractivity contribution in [1.82, 2.24) is 0 Å². The van der Waals surface area contributed by atoms with Crippen LogP contribution in [0.2, 0.25) is 0 Å². The van der Waals surface area contributed by atoms with E-state index in [2.05, 4.69) is 0 Å². The van der Waals surface area contributed by atoms with Crippen molar-refractivity contribution in [3.8, 4) is 0 Å². The minimum atomic E-state index is -0.550. The zero-order chi connectivity index (χ0) is 13.5. The van der Waals surface area contributed by atoms with Gasteiger partial charge in [-0.2, -0.15) is 0 Å². The third-order valence-electron chi connectivity index (χ3n) is 3.79. The number of hydrogen-bond acceptors (Lipinski definition) is 3. The monoisotopic (exact) mass is 261 g/mol. The highest BCUT2D eigenvalue weighted by atomic mass is 16.5. The molecule has 2 rings (SSSR count). The van der Waals surface area contributed by atoms with Crippen LogP contribution >= 0.6 is 0 Å². The summed E-state index contributed by atoms with van der Waals surface area (Å²) in [5.74, 6) is 0.274. The summed E-state index contributed by atoms with van der Waals surface area (Å²) in [6, 6.07) is 9.27. The van der Waals surface area contributed by atoms with Crippen LogP contribution in [0.5, 0.6) is 0 Å². The van der Waals surface area contributed by atoms with Crippen LogP contribution in [-0.2, 0) is 16.0 Å². The number of carbonyl (C=O) groups excluding carboxylic acids is 1. The molecule has 0 saturated heterocycles. The fourth-order valence-electron chi connectivity index (χ4n) is 2.61. The zero-order valence-corrected chi connectivity index (χ0v) is 11.4. The van der Waals surface area contributed by atoms with Crippen molar-refractivity contribution in [3.63, 3.8) is 0 Å². The number of ether oxygens (including phenoxy) is 1. The Hall–Kier alpha value is -1.35. The van der Waals surface area contributed by atoms with E-state index in [1.54, 1.807) is 0 Å². The summed E-state index contributed by atoms with van der Waals surface area (Å²) in [6.07, 6.45) is 6.75. The summed E-state index contributed by atoms with van der Waals surface area (Å²) in [6.45, 7) is 0.543. The molecule has 3 heteroatoms. The van der Waals surface area contributed by atoms with Gasteiger partial charge in [-0.15, -0.1) is 0 Å². The predicted molar refractivity (Wildman–Crippen MR) is 75.7 cm³/mol. The average Bonchev–Trinajstić information content (AvgIpc) is 2.47. The number of rotatable bonds is 5. The van der Waals surface area contributed by atoms with Crippen molar-refractivity contribution in [2.45, 2.75) is 44.6 Å². The van der Waals surface area contributed by atoms with Crippen LogP contribution in [0, 0.1) is 5.92 Å². The van der Waals surface area contributed by atoms with Gasteiger partial charge in [-0.3, -0.25) is 4.79 Å². The smallest absolute Gasteiger partial charge is 0.323 e. The first kappa shape index (κ1) is 14.1. The first-order valence-electron chi connectivity index (χ1n) is 7.22. The molecular weight excluding hydrogens is 238 g/mol. The molecule has 1 unspecified atom stereocenters. The van der Waals surface area contributed by atoms with Crippen molar-refractivity contribution in [3.05, 3.63) is 35.9 Å². The molecule has 1 aliphatic rings. The number of benzene rings is 1. The third-order valence-corrected chi connectivity index (χ3v) is 3.79. The molecule has 19 heavy (non-hydrogen) atoms. The van der Waals surface area contributed by atoms with Gasteiger partial charge >= 0.3 is 5.97 Å².